The zero-order valence-corrected chi connectivity index (χ0v) is 14.3. The van der Waals surface area contributed by atoms with E-state index < -0.39 is 0 Å². The first-order valence-corrected chi connectivity index (χ1v) is 6.84. The largest absolute Gasteiger partial charge is 0.493 e. The Bertz CT molecular complexity index is 643. The minimum Gasteiger partial charge on any atom is -0.493 e. The minimum absolute atomic E-state index is 0. The maximum Gasteiger partial charge on any atom is 0.223 e. The highest BCUT2D eigenvalue weighted by Gasteiger charge is 2.13. The van der Waals surface area contributed by atoms with Crippen LogP contribution in [0.5, 0.6) is 11.5 Å². The standard InChI is InChI=1S/C15H21N5O2.ClH/c1-10-6-7-20(9-10)15(17)19-14(16)18-11-4-5-12(21-2)13(8-11)22-3;/h4-6,8H,7,9H2,1-3H3,(H4,16,17,18,19);1H. The number of methoxy groups -OCH3 is 2. The van der Waals surface area contributed by atoms with Crippen LogP contribution in [0.3, 0.4) is 0 Å². The van der Waals surface area contributed by atoms with Gasteiger partial charge in [-0.05, 0) is 19.1 Å². The lowest BCUT2D eigenvalue weighted by atomic mass is 10.3. The monoisotopic (exact) mass is 339 g/mol. The SMILES string of the molecule is COc1ccc(N=C(N)N=C(N)N2CC=C(C)C2)cc1OC.Cl. The van der Waals surface area contributed by atoms with Crippen LogP contribution in [-0.4, -0.2) is 44.1 Å². The Balaban J connectivity index is 0.00000264. The Morgan fingerprint density at radius 1 is 1.17 bits per heavy atom. The predicted molar refractivity (Wildman–Crippen MR) is 95.0 cm³/mol. The van der Waals surface area contributed by atoms with Crippen LogP contribution in [-0.2, 0) is 0 Å². The van der Waals surface area contributed by atoms with E-state index in [4.69, 9.17) is 20.9 Å². The van der Waals surface area contributed by atoms with E-state index in [1.807, 2.05) is 11.8 Å². The Morgan fingerprint density at radius 3 is 2.43 bits per heavy atom. The van der Waals surface area contributed by atoms with Gasteiger partial charge in [-0.1, -0.05) is 11.6 Å². The second-order valence-electron chi connectivity index (χ2n) is 4.91. The molecule has 23 heavy (non-hydrogen) atoms. The summed E-state index contributed by atoms with van der Waals surface area (Å²) in [7, 11) is 3.14. The maximum absolute atomic E-state index is 5.93. The number of nitrogens with zero attached hydrogens (tertiary/aromatic N) is 3. The van der Waals surface area contributed by atoms with Crippen LogP contribution in [0, 0.1) is 0 Å². The summed E-state index contributed by atoms with van der Waals surface area (Å²) in [5.41, 5.74) is 13.6. The first-order valence-electron chi connectivity index (χ1n) is 6.84. The molecule has 0 atom stereocenters. The maximum atomic E-state index is 5.93. The Labute approximate surface area is 142 Å². The summed E-state index contributed by atoms with van der Waals surface area (Å²) in [5, 5.41) is 0. The molecular weight excluding hydrogens is 318 g/mol. The molecule has 1 aliphatic rings. The van der Waals surface area contributed by atoms with E-state index in [1.165, 1.54) is 5.57 Å². The third-order valence-corrected chi connectivity index (χ3v) is 3.26. The van der Waals surface area contributed by atoms with Crippen LogP contribution >= 0.6 is 12.4 Å². The van der Waals surface area contributed by atoms with E-state index in [-0.39, 0.29) is 18.4 Å². The molecule has 0 amide bonds. The van der Waals surface area contributed by atoms with Crippen molar-refractivity contribution < 1.29 is 9.47 Å². The van der Waals surface area contributed by atoms with Gasteiger partial charge in [0.1, 0.15) is 0 Å². The number of hydrogen-bond acceptors (Lipinski definition) is 3. The molecule has 0 radical (unpaired) electrons. The molecule has 0 bridgehead atoms. The Hall–Kier alpha value is -2.41. The molecule has 2 rings (SSSR count). The van der Waals surface area contributed by atoms with E-state index in [9.17, 15) is 0 Å². The van der Waals surface area contributed by atoms with Gasteiger partial charge in [-0.2, -0.15) is 4.99 Å². The van der Waals surface area contributed by atoms with Crippen molar-refractivity contribution in [2.45, 2.75) is 6.92 Å². The van der Waals surface area contributed by atoms with Gasteiger partial charge in [-0.15, -0.1) is 12.4 Å². The fourth-order valence-electron chi connectivity index (χ4n) is 2.11. The quantitative estimate of drug-likeness (QED) is 0.495. The fraction of sp³-hybridized carbons (Fsp3) is 0.333. The van der Waals surface area contributed by atoms with Crippen molar-refractivity contribution in [3.8, 4) is 11.5 Å². The van der Waals surface area contributed by atoms with Gasteiger partial charge in [0.15, 0.2) is 17.5 Å². The van der Waals surface area contributed by atoms with Gasteiger partial charge in [0.2, 0.25) is 5.96 Å². The first kappa shape index (κ1) is 18.6. The zero-order chi connectivity index (χ0) is 16.1. The van der Waals surface area contributed by atoms with Crippen molar-refractivity contribution in [3.63, 3.8) is 0 Å². The molecule has 0 spiro atoms. The Morgan fingerprint density at radius 2 is 1.87 bits per heavy atom. The topological polar surface area (TPSA) is 98.5 Å². The highest BCUT2D eigenvalue weighted by atomic mass is 35.5. The van der Waals surface area contributed by atoms with E-state index in [2.05, 4.69) is 16.1 Å². The van der Waals surface area contributed by atoms with Crippen molar-refractivity contribution in [2.75, 3.05) is 27.3 Å². The molecule has 0 saturated heterocycles. The summed E-state index contributed by atoms with van der Waals surface area (Å²) in [6, 6.07) is 5.24. The van der Waals surface area contributed by atoms with Gasteiger partial charge in [-0.3, -0.25) is 0 Å². The summed E-state index contributed by atoms with van der Waals surface area (Å²) >= 11 is 0. The van der Waals surface area contributed by atoms with E-state index in [1.54, 1.807) is 32.4 Å². The molecule has 8 heteroatoms. The van der Waals surface area contributed by atoms with E-state index in [0.29, 0.717) is 23.1 Å². The molecule has 126 valence electrons. The number of aliphatic imine (C=N–C) groups is 2. The predicted octanol–water partition coefficient (Wildman–Crippen LogP) is 1.65. The van der Waals surface area contributed by atoms with Crippen molar-refractivity contribution in [3.05, 3.63) is 29.8 Å². The molecule has 0 fully saturated rings. The van der Waals surface area contributed by atoms with Crippen LogP contribution in [0.15, 0.2) is 39.8 Å². The number of rotatable bonds is 3. The van der Waals surface area contributed by atoms with Crippen LogP contribution in [0.2, 0.25) is 0 Å². The molecule has 0 saturated carbocycles. The molecule has 0 aromatic heterocycles. The molecule has 4 N–H and O–H groups in total. The zero-order valence-electron chi connectivity index (χ0n) is 13.4. The van der Waals surface area contributed by atoms with Gasteiger partial charge < -0.3 is 25.8 Å². The second-order valence-corrected chi connectivity index (χ2v) is 4.91. The Kier molecular flexibility index (Phi) is 6.71. The van der Waals surface area contributed by atoms with Gasteiger partial charge >= 0.3 is 0 Å². The summed E-state index contributed by atoms with van der Waals surface area (Å²) in [5.74, 6) is 1.65. The summed E-state index contributed by atoms with van der Waals surface area (Å²) in [4.78, 5) is 10.3. The number of guanidine groups is 2. The molecular formula is C15H22ClN5O2. The lowest BCUT2D eigenvalue weighted by molar-refractivity contribution is 0.355. The van der Waals surface area contributed by atoms with E-state index in [0.717, 1.165) is 13.1 Å². The number of halogens is 1. The molecule has 7 nitrogen and oxygen atoms in total. The fourth-order valence-corrected chi connectivity index (χ4v) is 2.11. The summed E-state index contributed by atoms with van der Waals surface area (Å²) in [6.45, 7) is 3.55. The molecule has 1 aliphatic heterocycles. The van der Waals surface area contributed by atoms with Crippen LogP contribution in [0.4, 0.5) is 5.69 Å². The lowest BCUT2D eigenvalue weighted by Crippen LogP contribution is -2.37. The van der Waals surface area contributed by atoms with Crippen molar-refractivity contribution in [1.29, 1.82) is 0 Å². The van der Waals surface area contributed by atoms with Crippen molar-refractivity contribution in [2.24, 2.45) is 21.5 Å². The molecule has 1 aromatic carbocycles. The third kappa shape index (κ3) is 4.79. The smallest absolute Gasteiger partial charge is 0.223 e. The molecule has 0 unspecified atom stereocenters. The first-order chi connectivity index (χ1) is 10.5. The average Bonchev–Trinajstić information content (AvgIpc) is 2.93. The van der Waals surface area contributed by atoms with E-state index >= 15 is 0 Å². The molecule has 1 aromatic rings. The second kappa shape index (κ2) is 8.28. The summed E-state index contributed by atoms with van der Waals surface area (Å²) in [6.07, 6.45) is 2.10. The highest BCUT2D eigenvalue weighted by molar-refractivity contribution is 5.94. The highest BCUT2D eigenvalue weighted by Crippen LogP contribution is 2.30. The number of benzene rings is 1. The van der Waals surface area contributed by atoms with Crippen molar-refractivity contribution in [1.82, 2.24) is 4.90 Å². The number of nitrogens with two attached hydrogens (primary N) is 2. The van der Waals surface area contributed by atoms with Gasteiger partial charge in [0, 0.05) is 19.2 Å². The third-order valence-electron chi connectivity index (χ3n) is 3.26. The number of ether oxygens (including phenoxy) is 2. The minimum atomic E-state index is 0. The van der Waals surface area contributed by atoms with Gasteiger partial charge in [0.05, 0.1) is 19.9 Å². The number of hydrogen-bond donors (Lipinski definition) is 2. The van der Waals surface area contributed by atoms with Crippen LogP contribution < -0.4 is 20.9 Å². The van der Waals surface area contributed by atoms with Gasteiger partial charge in [0.25, 0.3) is 0 Å². The normalized spacial score (nSPS) is 15.1. The van der Waals surface area contributed by atoms with Crippen LogP contribution in [0.1, 0.15) is 6.92 Å². The van der Waals surface area contributed by atoms with Gasteiger partial charge in [-0.25, -0.2) is 4.99 Å². The summed E-state index contributed by atoms with van der Waals surface area (Å²) < 4.78 is 10.4. The molecule has 0 aliphatic carbocycles. The van der Waals surface area contributed by atoms with Crippen molar-refractivity contribution >= 4 is 30.0 Å². The lowest BCUT2D eigenvalue weighted by Gasteiger charge is -2.16. The molecule has 1 heterocycles. The average molecular weight is 340 g/mol. The van der Waals surface area contributed by atoms with Crippen LogP contribution in [0.25, 0.3) is 0 Å².